The molecule has 7 nitrogen and oxygen atoms in total. The van der Waals surface area contributed by atoms with Crippen LogP contribution in [0, 0.1) is 11.8 Å². The largest absolute Gasteiger partial charge is 0.465 e. The SMILES string of the molecule is CCCCCCCCC(=O)N(CCCN(C)C)C(CCCCCCCCC(=O)OCC(CCCC)CCCCCC)CCCCCCCCC(=O)OCC(CCCC)CCCCCC. The lowest BCUT2D eigenvalue weighted by atomic mass is 9.96. The van der Waals surface area contributed by atoms with Gasteiger partial charge in [0.15, 0.2) is 0 Å². The van der Waals surface area contributed by atoms with Crippen molar-refractivity contribution in [2.75, 3.05) is 40.4 Å². The molecule has 0 fully saturated rings. The van der Waals surface area contributed by atoms with Crippen LogP contribution in [0.5, 0.6) is 0 Å². The van der Waals surface area contributed by atoms with Crippen molar-refractivity contribution < 1.29 is 23.9 Å². The zero-order chi connectivity index (χ0) is 47.1. The third kappa shape index (κ3) is 40.6. The highest BCUT2D eigenvalue weighted by Gasteiger charge is 2.23. The monoisotopic (exact) mass is 905 g/mol. The molecule has 0 aliphatic carbocycles. The van der Waals surface area contributed by atoms with Gasteiger partial charge in [-0.2, -0.15) is 0 Å². The van der Waals surface area contributed by atoms with Crippen LogP contribution < -0.4 is 0 Å². The van der Waals surface area contributed by atoms with Crippen LogP contribution in [-0.4, -0.2) is 74.1 Å². The van der Waals surface area contributed by atoms with E-state index in [1.807, 2.05) is 0 Å². The molecule has 2 unspecified atom stereocenters. The van der Waals surface area contributed by atoms with Gasteiger partial charge in [0.25, 0.3) is 0 Å². The minimum Gasteiger partial charge on any atom is -0.465 e. The first-order chi connectivity index (χ1) is 31.2. The Morgan fingerprint density at radius 1 is 0.359 bits per heavy atom. The highest BCUT2D eigenvalue weighted by molar-refractivity contribution is 5.76. The van der Waals surface area contributed by atoms with E-state index in [0.717, 1.165) is 96.6 Å². The van der Waals surface area contributed by atoms with Crippen molar-refractivity contribution in [2.24, 2.45) is 11.8 Å². The van der Waals surface area contributed by atoms with E-state index >= 15 is 0 Å². The maximum absolute atomic E-state index is 13.9. The predicted octanol–water partition coefficient (Wildman–Crippen LogP) is 16.8. The topological polar surface area (TPSA) is 76.2 Å². The Hall–Kier alpha value is -1.63. The minimum atomic E-state index is -0.00699. The van der Waals surface area contributed by atoms with Crippen LogP contribution in [0.4, 0.5) is 0 Å². The highest BCUT2D eigenvalue weighted by Crippen LogP contribution is 2.23. The Morgan fingerprint density at radius 3 is 1.09 bits per heavy atom. The Morgan fingerprint density at radius 2 is 0.688 bits per heavy atom. The van der Waals surface area contributed by atoms with Crippen LogP contribution in [-0.2, 0) is 23.9 Å². The van der Waals surface area contributed by atoms with Gasteiger partial charge in [-0.25, -0.2) is 0 Å². The number of ether oxygens (including phenoxy) is 2. The first kappa shape index (κ1) is 62.4. The summed E-state index contributed by atoms with van der Waals surface area (Å²) in [4.78, 5) is 43.6. The van der Waals surface area contributed by atoms with E-state index < -0.39 is 0 Å². The van der Waals surface area contributed by atoms with Crippen molar-refractivity contribution in [3.63, 3.8) is 0 Å². The molecule has 0 radical (unpaired) electrons. The van der Waals surface area contributed by atoms with Crippen LogP contribution in [0.1, 0.15) is 291 Å². The van der Waals surface area contributed by atoms with Gasteiger partial charge in [0.2, 0.25) is 5.91 Å². The maximum Gasteiger partial charge on any atom is 0.305 e. The predicted molar refractivity (Wildman–Crippen MR) is 276 cm³/mol. The van der Waals surface area contributed by atoms with Crippen LogP contribution in [0.25, 0.3) is 0 Å². The molecule has 0 aromatic rings. The fraction of sp³-hybridized carbons (Fsp3) is 0.947. The molecule has 380 valence electrons. The number of rotatable bonds is 50. The number of hydrogen-bond donors (Lipinski definition) is 0. The lowest BCUT2D eigenvalue weighted by Crippen LogP contribution is -2.41. The molecule has 0 saturated carbocycles. The smallest absolute Gasteiger partial charge is 0.305 e. The quantitative estimate of drug-likeness (QED) is 0.0447. The van der Waals surface area contributed by atoms with Gasteiger partial charge < -0.3 is 19.3 Å². The fourth-order valence-electron chi connectivity index (χ4n) is 9.33. The molecule has 0 aliphatic heterocycles. The molecule has 0 saturated heterocycles. The summed E-state index contributed by atoms with van der Waals surface area (Å²) in [7, 11) is 4.26. The molecule has 64 heavy (non-hydrogen) atoms. The van der Waals surface area contributed by atoms with Gasteiger partial charge in [0.05, 0.1) is 13.2 Å². The molecule has 0 spiro atoms. The van der Waals surface area contributed by atoms with Crippen LogP contribution in [0.2, 0.25) is 0 Å². The van der Waals surface area contributed by atoms with Gasteiger partial charge in [-0.05, 0) is 96.7 Å². The highest BCUT2D eigenvalue weighted by atomic mass is 16.5. The molecule has 7 heteroatoms. The number of nitrogens with zero attached hydrogens (tertiary/aromatic N) is 2. The number of unbranched alkanes of at least 4 members (excludes halogenated alkanes) is 23. The maximum atomic E-state index is 13.9. The second kappa shape index (κ2) is 47.8. The van der Waals surface area contributed by atoms with Crippen LogP contribution in [0.15, 0.2) is 0 Å². The van der Waals surface area contributed by atoms with E-state index in [1.54, 1.807) is 0 Å². The summed E-state index contributed by atoms with van der Waals surface area (Å²) in [6.45, 7) is 14.3. The van der Waals surface area contributed by atoms with Crippen molar-refractivity contribution >= 4 is 17.8 Å². The number of amides is 1. The molecular weight excluding hydrogens is 793 g/mol. The molecule has 0 aromatic heterocycles. The molecule has 0 heterocycles. The lowest BCUT2D eigenvalue weighted by molar-refractivity contribution is -0.146. The van der Waals surface area contributed by atoms with Crippen molar-refractivity contribution in [2.45, 2.75) is 297 Å². The van der Waals surface area contributed by atoms with E-state index in [9.17, 15) is 14.4 Å². The minimum absolute atomic E-state index is 0.00699. The standard InChI is InChI=1S/C57H112N2O5/c1-8-13-18-21-28-35-45-55(60)59(49-38-48-58(6)7)54(43-33-26-22-24-29-36-46-56(61)63-50-52(39-16-11-4)41-31-19-14-9-2)44-34-27-23-25-30-37-47-57(62)64-51-53(40-17-12-5)42-32-20-15-10-3/h52-54H,8-51H2,1-7H3. The van der Waals surface area contributed by atoms with Crippen molar-refractivity contribution in [3.8, 4) is 0 Å². The third-order valence-electron chi connectivity index (χ3n) is 13.7. The Bertz CT molecular complexity index is 964. The summed E-state index contributed by atoms with van der Waals surface area (Å²) < 4.78 is 11.6. The summed E-state index contributed by atoms with van der Waals surface area (Å²) in [5, 5.41) is 0. The van der Waals surface area contributed by atoms with Crippen LogP contribution in [0.3, 0.4) is 0 Å². The number of carbonyl (C=O) groups excluding carboxylic acids is 3. The third-order valence-corrected chi connectivity index (χ3v) is 13.7. The van der Waals surface area contributed by atoms with Crippen molar-refractivity contribution in [1.29, 1.82) is 0 Å². The van der Waals surface area contributed by atoms with E-state index in [0.29, 0.717) is 56.3 Å². The van der Waals surface area contributed by atoms with E-state index in [2.05, 4.69) is 58.5 Å². The molecule has 0 aromatic carbocycles. The molecule has 1 amide bonds. The van der Waals surface area contributed by atoms with E-state index in [-0.39, 0.29) is 11.9 Å². The summed E-state index contributed by atoms with van der Waals surface area (Å²) in [6, 6.07) is 0.319. The zero-order valence-electron chi connectivity index (χ0n) is 44.3. The molecule has 0 aliphatic rings. The Balaban J connectivity index is 4.96. The first-order valence-electron chi connectivity index (χ1n) is 28.5. The van der Waals surface area contributed by atoms with Crippen molar-refractivity contribution in [3.05, 3.63) is 0 Å². The molecular formula is C57H112N2O5. The first-order valence-corrected chi connectivity index (χ1v) is 28.5. The van der Waals surface area contributed by atoms with Gasteiger partial charge >= 0.3 is 11.9 Å². The summed E-state index contributed by atoms with van der Waals surface area (Å²) >= 11 is 0. The molecule has 0 bridgehead atoms. The summed E-state index contributed by atoms with van der Waals surface area (Å²) in [6.07, 6.45) is 45.5. The fourth-order valence-corrected chi connectivity index (χ4v) is 9.33. The molecule has 2 atom stereocenters. The second-order valence-electron chi connectivity index (χ2n) is 20.3. The zero-order valence-corrected chi connectivity index (χ0v) is 44.3. The van der Waals surface area contributed by atoms with Gasteiger partial charge in [-0.15, -0.1) is 0 Å². The van der Waals surface area contributed by atoms with E-state index in [4.69, 9.17) is 9.47 Å². The van der Waals surface area contributed by atoms with Crippen LogP contribution >= 0.6 is 0 Å². The number of esters is 2. The summed E-state index contributed by atoms with van der Waals surface area (Å²) in [5.74, 6) is 1.41. The van der Waals surface area contributed by atoms with Gasteiger partial charge in [0, 0.05) is 31.8 Å². The normalized spacial score (nSPS) is 13.0. The van der Waals surface area contributed by atoms with Gasteiger partial charge in [-0.3, -0.25) is 14.4 Å². The molecule has 0 rings (SSSR count). The Kier molecular flexibility index (Phi) is 46.6. The average molecular weight is 906 g/mol. The van der Waals surface area contributed by atoms with Gasteiger partial charge in [0.1, 0.15) is 0 Å². The number of carbonyl (C=O) groups is 3. The van der Waals surface area contributed by atoms with E-state index in [1.165, 1.54) is 154 Å². The lowest BCUT2D eigenvalue weighted by Gasteiger charge is -2.33. The Labute approximate surface area is 399 Å². The molecule has 0 N–H and O–H groups in total. The second-order valence-corrected chi connectivity index (χ2v) is 20.3. The number of hydrogen-bond acceptors (Lipinski definition) is 6. The van der Waals surface area contributed by atoms with Crippen molar-refractivity contribution in [1.82, 2.24) is 9.80 Å². The average Bonchev–Trinajstić information content (AvgIpc) is 3.28. The van der Waals surface area contributed by atoms with Gasteiger partial charge in [-0.1, -0.05) is 208 Å². The summed E-state index contributed by atoms with van der Waals surface area (Å²) in [5.41, 5.74) is 0.